The lowest BCUT2D eigenvalue weighted by Crippen LogP contribution is -2.44. The second kappa shape index (κ2) is 8.76. The van der Waals surface area contributed by atoms with Crippen molar-refractivity contribution in [1.29, 1.82) is 0 Å². The summed E-state index contributed by atoms with van der Waals surface area (Å²) in [7, 11) is 0. The topological polar surface area (TPSA) is 35.5 Å². The van der Waals surface area contributed by atoms with Gasteiger partial charge in [-0.1, -0.05) is 54.5 Å². The van der Waals surface area contributed by atoms with Crippen LogP contribution in [0.5, 0.6) is 0 Å². The van der Waals surface area contributed by atoms with Crippen LogP contribution in [-0.2, 0) is 14.3 Å². The van der Waals surface area contributed by atoms with Crippen LogP contribution in [0.3, 0.4) is 0 Å². The smallest absolute Gasteiger partial charge is 0.188 e. The largest absolute Gasteiger partial charge is 0.344 e. The lowest BCUT2D eigenvalue weighted by atomic mass is 9.53. The zero-order chi connectivity index (χ0) is 26.2. The quantitative estimate of drug-likeness (QED) is 0.413. The molecule has 1 spiro atoms. The van der Waals surface area contributed by atoms with Gasteiger partial charge in [0.15, 0.2) is 5.79 Å². The first-order valence-corrected chi connectivity index (χ1v) is 14.7. The van der Waals surface area contributed by atoms with E-state index in [4.69, 9.17) is 9.47 Å². The van der Waals surface area contributed by atoms with Crippen molar-refractivity contribution in [2.45, 2.75) is 84.3 Å². The van der Waals surface area contributed by atoms with E-state index in [2.05, 4.69) is 70.2 Å². The molecule has 5 aliphatic rings. The number of carbonyl (C=O) groups excluding carboxylic acids is 1. The van der Waals surface area contributed by atoms with Crippen LogP contribution in [0, 0.1) is 38.0 Å². The second-order valence-electron chi connectivity index (χ2n) is 12.9. The molecule has 0 amide bonds. The Morgan fingerprint density at radius 2 is 1.61 bits per heavy atom. The van der Waals surface area contributed by atoms with E-state index in [0.29, 0.717) is 36.8 Å². The molecule has 38 heavy (non-hydrogen) atoms. The Morgan fingerprint density at radius 1 is 0.895 bits per heavy atom. The van der Waals surface area contributed by atoms with Crippen LogP contribution in [0.2, 0.25) is 0 Å². The summed E-state index contributed by atoms with van der Waals surface area (Å²) in [4.78, 5) is 13.3. The Kier molecular flexibility index (Phi) is 5.66. The van der Waals surface area contributed by atoms with E-state index in [9.17, 15) is 4.79 Å². The van der Waals surface area contributed by atoms with Crippen LogP contribution in [0.4, 0.5) is 0 Å². The number of Topliss-reactive ketones (excluding diaryl/α,β-unsaturated/α-hetero) is 1. The third-order valence-corrected chi connectivity index (χ3v) is 10.7. The molecular formula is C35H40O3. The average molecular weight is 509 g/mol. The van der Waals surface area contributed by atoms with Crippen molar-refractivity contribution in [2.75, 3.05) is 13.2 Å². The van der Waals surface area contributed by atoms with Gasteiger partial charge < -0.3 is 9.47 Å². The number of aryl methyl sites for hydroxylation is 3. The highest BCUT2D eigenvalue weighted by Crippen LogP contribution is 2.63. The van der Waals surface area contributed by atoms with E-state index in [1.54, 1.807) is 11.1 Å². The zero-order valence-corrected chi connectivity index (χ0v) is 23.4. The van der Waals surface area contributed by atoms with Gasteiger partial charge >= 0.3 is 0 Å². The molecule has 0 bridgehead atoms. The maximum atomic E-state index is 13.3. The minimum atomic E-state index is -0.500. The van der Waals surface area contributed by atoms with Crippen molar-refractivity contribution < 1.29 is 14.3 Å². The highest BCUT2D eigenvalue weighted by molar-refractivity contribution is 5.87. The first-order valence-electron chi connectivity index (χ1n) is 14.7. The first kappa shape index (κ1) is 24.5. The fourth-order valence-electron chi connectivity index (χ4n) is 9.07. The van der Waals surface area contributed by atoms with Gasteiger partial charge in [0.25, 0.3) is 0 Å². The Balaban J connectivity index is 1.32. The highest BCUT2D eigenvalue weighted by Gasteiger charge is 2.57. The van der Waals surface area contributed by atoms with Gasteiger partial charge in [-0.2, -0.15) is 0 Å². The predicted octanol–water partition coefficient (Wildman–Crippen LogP) is 7.92. The van der Waals surface area contributed by atoms with E-state index < -0.39 is 5.79 Å². The molecule has 0 N–H and O–H groups in total. The minimum absolute atomic E-state index is 0.197. The normalized spacial score (nSPS) is 31.7. The lowest BCUT2D eigenvalue weighted by molar-refractivity contribution is -0.128. The molecule has 3 nitrogen and oxygen atoms in total. The predicted molar refractivity (Wildman–Crippen MR) is 151 cm³/mol. The molecule has 4 atom stereocenters. The summed E-state index contributed by atoms with van der Waals surface area (Å²) in [6.07, 6.45) is 9.22. The van der Waals surface area contributed by atoms with Crippen LogP contribution >= 0.6 is 0 Å². The van der Waals surface area contributed by atoms with Gasteiger partial charge in [0.1, 0.15) is 5.78 Å². The molecule has 3 heteroatoms. The highest BCUT2D eigenvalue weighted by atomic mass is 16.7. The molecule has 2 aromatic carbocycles. The molecule has 198 valence electrons. The van der Waals surface area contributed by atoms with Crippen molar-refractivity contribution in [2.24, 2.45) is 17.3 Å². The summed E-state index contributed by atoms with van der Waals surface area (Å²) in [5, 5.41) is 0. The van der Waals surface area contributed by atoms with Crippen LogP contribution < -0.4 is 0 Å². The van der Waals surface area contributed by atoms with Gasteiger partial charge in [0, 0.05) is 24.2 Å². The Hall–Kier alpha value is -2.49. The summed E-state index contributed by atoms with van der Waals surface area (Å²) in [5.74, 6) is 1.30. The van der Waals surface area contributed by atoms with Crippen molar-refractivity contribution in [3.63, 3.8) is 0 Å². The number of benzene rings is 2. The summed E-state index contributed by atoms with van der Waals surface area (Å²) in [6, 6.07) is 13.9. The molecule has 1 heterocycles. The summed E-state index contributed by atoms with van der Waals surface area (Å²) in [5.41, 5.74) is 12.4. The maximum absolute atomic E-state index is 13.3. The fraction of sp³-hybridized carbons (Fsp3) is 0.514. The molecule has 7 rings (SSSR count). The minimum Gasteiger partial charge on any atom is -0.344 e. The molecule has 0 radical (unpaired) electrons. The number of allylic oxidation sites excluding steroid dienone is 3. The number of rotatable bonds is 2. The molecule has 3 fully saturated rings. The molecule has 0 aromatic heterocycles. The second-order valence-corrected chi connectivity index (χ2v) is 12.9. The van der Waals surface area contributed by atoms with Gasteiger partial charge in [-0.15, -0.1) is 0 Å². The standard InChI is InChI=1S/C35H40O3/c1-21-17-22(2)32(23(3)18-21)25-7-5-24(6-8-25)29-20-34(4)30(11-12-31(34)36)28-10-9-26-19-35(37-15-16-38-35)14-13-27(26)33(28)29/h5-8,17-19,28-30H,9-16,20H2,1-4H3/t28?,29?,30?,34-/m0/s1. The fourth-order valence-corrected chi connectivity index (χ4v) is 9.07. The van der Waals surface area contributed by atoms with E-state index in [0.717, 1.165) is 44.9 Å². The molecule has 2 saturated carbocycles. The molecule has 1 saturated heterocycles. The monoisotopic (exact) mass is 508 g/mol. The Bertz CT molecular complexity index is 1350. The van der Waals surface area contributed by atoms with Crippen molar-refractivity contribution in [3.8, 4) is 11.1 Å². The SMILES string of the molecule is Cc1cc(C)c(-c2ccc(C3C[C@]4(C)C(=O)CCC4C4CCC5=CC6(CCC5=C34)OCCO6)cc2)c(C)c1. The number of fused-ring (bicyclic) bond motifs is 4. The lowest BCUT2D eigenvalue weighted by Gasteiger charge is -2.51. The maximum Gasteiger partial charge on any atom is 0.188 e. The van der Waals surface area contributed by atoms with Crippen LogP contribution in [0.1, 0.15) is 80.0 Å². The molecule has 2 aromatic rings. The Labute approximate surface area is 227 Å². The number of ether oxygens (including phenoxy) is 2. The van der Waals surface area contributed by atoms with E-state index in [1.807, 2.05) is 0 Å². The van der Waals surface area contributed by atoms with Crippen molar-refractivity contribution >= 4 is 5.78 Å². The summed E-state index contributed by atoms with van der Waals surface area (Å²) >= 11 is 0. The number of carbonyl (C=O) groups is 1. The number of ketones is 1. The molecular weight excluding hydrogens is 468 g/mol. The Morgan fingerprint density at radius 3 is 2.32 bits per heavy atom. The van der Waals surface area contributed by atoms with Gasteiger partial charge in [-0.3, -0.25) is 4.79 Å². The van der Waals surface area contributed by atoms with Gasteiger partial charge in [-0.25, -0.2) is 0 Å². The molecule has 3 unspecified atom stereocenters. The third-order valence-electron chi connectivity index (χ3n) is 10.7. The number of hydrogen-bond acceptors (Lipinski definition) is 3. The number of hydrogen-bond donors (Lipinski definition) is 0. The van der Waals surface area contributed by atoms with Crippen molar-refractivity contribution in [3.05, 3.63) is 81.4 Å². The van der Waals surface area contributed by atoms with Gasteiger partial charge in [0.2, 0.25) is 0 Å². The van der Waals surface area contributed by atoms with E-state index in [1.165, 1.54) is 39.0 Å². The molecule has 4 aliphatic carbocycles. The van der Waals surface area contributed by atoms with E-state index >= 15 is 0 Å². The van der Waals surface area contributed by atoms with Crippen LogP contribution in [0.25, 0.3) is 11.1 Å². The van der Waals surface area contributed by atoms with Gasteiger partial charge in [-0.05, 0) is 110 Å². The summed E-state index contributed by atoms with van der Waals surface area (Å²) in [6.45, 7) is 10.3. The van der Waals surface area contributed by atoms with E-state index in [-0.39, 0.29) is 5.41 Å². The average Bonchev–Trinajstić information content (AvgIpc) is 3.46. The summed E-state index contributed by atoms with van der Waals surface area (Å²) < 4.78 is 12.2. The zero-order valence-electron chi connectivity index (χ0n) is 23.4. The van der Waals surface area contributed by atoms with Gasteiger partial charge in [0.05, 0.1) is 13.2 Å². The molecule has 1 aliphatic heterocycles. The first-order chi connectivity index (χ1) is 18.3. The van der Waals surface area contributed by atoms with Crippen LogP contribution in [0.15, 0.2) is 59.2 Å². The van der Waals surface area contributed by atoms with Crippen molar-refractivity contribution in [1.82, 2.24) is 0 Å². The third kappa shape index (κ3) is 3.65. The van der Waals surface area contributed by atoms with Crippen LogP contribution in [-0.4, -0.2) is 24.8 Å².